The summed E-state index contributed by atoms with van der Waals surface area (Å²) in [5, 5.41) is 13.3. The molecule has 0 spiro atoms. The molecular formula is C20H12BrNO4. The summed E-state index contributed by atoms with van der Waals surface area (Å²) >= 11 is 3.48. The topological polar surface area (TPSA) is 72.4 Å². The number of benzene rings is 3. The Balaban J connectivity index is 2.11. The molecule has 0 saturated heterocycles. The van der Waals surface area contributed by atoms with Crippen molar-refractivity contribution >= 4 is 59.4 Å². The summed E-state index contributed by atoms with van der Waals surface area (Å²) in [4.78, 5) is 25.6. The lowest BCUT2D eigenvalue weighted by atomic mass is 9.96. The van der Waals surface area contributed by atoms with E-state index in [1.807, 2.05) is 24.3 Å². The molecule has 0 saturated carbocycles. The summed E-state index contributed by atoms with van der Waals surface area (Å²) in [6.07, 6.45) is 0. The smallest absolute Gasteiger partial charge is 0.261 e. The van der Waals surface area contributed by atoms with Gasteiger partial charge in [-0.1, -0.05) is 22.0 Å². The molecule has 128 valence electrons. The van der Waals surface area contributed by atoms with E-state index in [1.165, 1.54) is 0 Å². The Morgan fingerprint density at radius 1 is 0.846 bits per heavy atom. The lowest BCUT2D eigenvalue weighted by Gasteiger charge is -2.13. The zero-order chi connectivity index (χ0) is 18.0. The summed E-state index contributed by atoms with van der Waals surface area (Å²) in [6, 6.07) is 12.9. The fourth-order valence-corrected chi connectivity index (χ4v) is 4.10. The minimum absolute atomic E-state index is 0.0195. The van der Waals surface area contributed by atoms with Gasteiger partial charge < -0.3 is 9.52 Å². The van der Waals surface area contributed by atoms with Gasteiger partial charge in [-0.3, -0.25) is 14.2 Å². The van der Waals surface area contributed by atoms with Crippen LogP contribution >= 0.6 is 15.9 Å². The Morgan fingerprint density at radius 3 is 2.23 bits per heavy atom. The van der Waals surface area contributed by atoms with Gasteiger partial charge in [-0.25, -0.2) is 0 Å². The SMILES string of the molecule is O=c1c2ccc3oc4ccc(Br)cc4c4ccc(c(=O)n1CCO)c2c34. The number of aromatic nitrogens is 1. The molecule has 0 aliphatic carbocycles. The van der Waals surface area contributed by atoms with Gasteiger partial charge in [0.25, 0.3) is 11.1 Å². The minimum atomic E-state index is -0.389. The Kier molecular flexibility index (Phi) is 3.23. The molecule has 0 unspecified atom stereocenters. The van der Waals surface area contributed by atoms with Gasteiger partial charge >= 0.3 is 0 Å². The number of aliphatic hydroxyl groups excluding tert-OH is 1. The predicted molar refractivity (Wildman–Crippen MR) is 105 cm³/mol. The standard InChI is InChI=1S/C20H12BrNO4/c21-10-1-5-15-14(9-10)11-2-3-12-17-13(4-6-16(26-15)18(11)17)20(25)22(7-8-23)19(12)24/h1-6,9,23H,7-8H2. The highest BCUT2D eigenvalue weighted by Crippen LogP contribution is 2.37. The Hall–Kier alpha value is -2.70. The van der Waals surface area contributed by atoms with Crippen LogP contribution in [-0.2, 0) is 6.54 Å². The fourth-order valence-electron chi connectivity index (χ4n) is 3.74. The van der Waals surface area contributed by atoms with Crippen molar-refractivity contribution in [3.8, 4) is 0 Å². The molecule has 6 heteroatoms. The maximum atomic E-state index is 12.8. The summed E-state index contributed by atoms with van der Waals surface area (Å²) in [7, 11) is 0. The van der Waals surface area contributed by atoms with Gasteiger partial charge in [0.15, 0.2) is 0 Å². The van der Waals surface area contributed by atoms with Crippen LogP contribution in [0.4, 0.5) is 0 Å². The zero-order valence-electron chi connectivity index (χ0n) is 13.5. The maximum Gasteiger partial charge on any atom is 0.261 e. The lowest BCUT2D eigenvalue weighted by molar-refractivity contribution is 0.273. The van der Waals surface area contributed by atoms with E-state index in [4.69, 9.17) is 4.42 Å². The van der Waals surface area contributed by atoms with Crippen LogP contribution in [0.2, 0.25) is 0 Å². The average molecular weight is 410 g/mol. The summed E-state index contributed by atoms with van der Waals surface area (Å²) in [5.41, 5.74) is 0.589. The van der Waals surface area contributed by atoms with Gasteiger partial charge in [0.05, 0.1) is 13.2 Å². The quantitative estimate of drug-likeness (QED) is 0.357. The summed E-state index contributed by atoms with van der Waals surface area (Å²) in [5.74, 6) is 0. The van der Waals surface area contributed by atoms with Gasteiger partial charge in [-0.05, 0) is 41.8 Å². The van der Waals surface area contributed by atoms with Crippen molar-refractivity contribution < 1.29 is 9.52 Å². The van der Waals surface area contributed by atoms with Crippen molar-refractivity contribution in [3.63, 3.8) is 0 Å². The summed E-state index contributed by atoms with van der Waals surface area (Å²) in [6.45, 7) is -0.287. The first kappa shape index (κ1) is 15.5. The van der Waals surface area contributed by atoms with Crippen LogP contribution in [0.25, 0.3) is 43.5 Å². The van der Waals surface area contributed by atoms with E-state index in [0.717, 1.165) is 30.8 Å². The van der Waals surface area contributed by atoms with Crippen LogP contribution in [0.5, 0.6) is 0 Å². The van der Waals surface area contributed by atoms with Gasteiger partial charge in [0.2, 0.25) is 0 Å². The van der Waals surface area contributed by atoms with E-state index in [2.05, 4.69) is 15.9 Å². The zero-order valence-corrected chi connectivity index (χ0v) is 15.0. The second kappa shape index (κ2) is 5.40. The Morgan fingerprint density at radius 2 is 1.50 bits per heavy atom. The molecule has 2 aromatic heterocycles. The van der Waals surface area contributed by atoms with Crippen LogP contribution in [0.3, 0.4) is 0 Å². The van der Waals surface area contributed by atoms with E-state index in [0.29, 0.717) is 21.7 Å². The second-order valence-electron chi connectivity index (χ2n) is 6.25. The molecule has 0 aliphatic rings. The molecule has 5 aromatic rings. The largest absolute Gasteiger partial charge is 0.456 e. The van der Waals surface area contributed by atoms with E-state index in [-0.39, 0.29) is 24.3 Å². The van der Waals surface area contributed by atoms with Crippen molar-refractivity contribution in [2.24, 2.45) is 0 Å². The van der Waals surface area contributed by atoms with E-state index in [9.17, 15) is 14.7 Å². The number of halogens is 1. The molecule has 0 fully saturated rings. The fraction of sp³-hybridized carbons (Fsp3) is 0.100. The molecule has 5 nitrogen and oxygen atoms in total. The number of pyridine rings is 1. The first-order valence-corrected chi connectivity index (χ1v) is 8.94. The van der Waals surface area contributed by atoms with Crippen molar-refractivity contribution in [2.45, 2.75) is 6.54 Å². The molecule has 0 bridgehead atoms. The Bertz CT molecular complexity index is 1420. The summed E-state index contributed by atoms with van der Waals surface area (Å²) < 4.78 is 8.04. The van der Waals surface area contributed by atoms with Gasteiger partial charge in [0.1, 0.15) is 11.2 Å². The number of hydrogen-bond acceptors (Lipinski definition) is 4. The van der Waals surface area contributed by atoms with Crippen LogP contribution in [-0.4, -0.2) is 16.3 Å². The van der Waals surface area contributed by atoms with E-state index >= 15 is 0 Å². The molecule has 1 N–H and O–H groups in total. The van der Waals surface area contributed by atoms with Crippen molar-refractivity contribution in [1.29, 1.82) is 0 Å². The first-order chi connectivity index (χ1) is 12.6. The van der Waals surface area contributed by atoms with Gasteiger partial charge in [0, 0.05) is 31.4 Å². The highest BCUT2D eigenvalue weighted by atomic mass is 79.9. The molecule has 2 heterocycles. The van der Waals surface area contributed by atoms with Crippen LogP contribution in [0.15, 0.2) is 60.9 Å². The number of rotatable bonds is 2. The molecule has 0 amide bonds. The highest BCUT2D eigenvalue weighted by Gasteiger charge is 2.18. The van der Waals surface area contributed by atoms with E-state index in [1.54, 1.807) is 18.2 Å². The van der Waals surface area contributed by atoms with Crippen LogP contribution in [0.1, 0.15) is 0 Å². The number of fused-ring (bicyclic) bond motifs is 2. The molecule has 0 aliphatic heterocycles. The van der Waals surface area contributed by atoms with Crippen molar-refractivity contribution in [2.75, 3.05) is 6.61 Å². The molecule has 3 aromatic carbocycles. The monoisotopic (exact) mass is 409 g/mol. The molecular weight excluding hydrogens is 398 g/mol. The molecule has 26 heavy (non-hydrogen) atoms. The van der Waals surface area contributed by atoms with E-state index < -0.39 is 0 Å². The minimum Gasteiger partial charge on any atom is -0.456 e. The number of hydrogen-bond donors (Lipinski definition) is 1. The third kappa shape index (κ3) is 1.94. The van der Waals surface area contributed by atoms with Crippen LogP contribution in [0, 0.1) is 0 Å². The highest BCUT2D eigenvalue weighted by molar-refractivity contribution is 9.10. The number of nitrogens with zero attached hydrogens (tertiary/aromatic N) is 1. The maximum absolute atomic E-state index is 12.8. The van der Waals surface area contributed by atoms with Crippen LogP contribution < -0.4 is 11.1 Å². The molecule has 0 radical (unpaired) electrons. The van der Waals surface area contributed by atoms with Gasteiger partial charge in [-0.15, -0.1) is 0 Å². The second-order valence-corrected chi connectivity index (χ2v) is 7.17. The third-order valence-corrected chi connectivity index (χ3v) is 5.34. The van der Waals surface area contributed by atoms with Crippen molar-refractivity contribution in [3.05, 3.63) is 67.6 Å². The molecule has 5 rings (SSSR count). The lowest BCUT2D eigenvalue weighted by Crippen LogP contribution is -2.34. The third-order valence-electron chi connectivity index (χ3n) is 4.85. The van der Waals surface area contributed by atoms with Crippen molar-refractivity contribution in [1.82, 2.24) is 4.57 Å². The van der Waals surface area contributed by atoms with Gasteiger partial charge in [-0.2, -0.15) is 0 Å². The average Bonchev–Trinajstić information content (AvgIpc) is 2.65. The normalized spacial score (nSPS) is 12.1. The first-order valence-electron chi connectivity index (χ1n) is 8.14. The molecule has 0 atom stereocenters. The number of aliphatic hydroxyl groups is 1. The Labute approximate surface area is 154 Å². The predicted octanol–water partition coefficient (Wildman–Crippen LogP) is 3.61.